The first kappa shape index (κ1) is 10.3. The van der Waals surface area contributed by atoms with E-state index in [0.29, 0.717) is 6.04 Å². The second kappa shape index (κ2) is 4.45. The molecule has 1 saturated carbocycles. The summed E-state index contributed by atoms with van der Waals surface area (Å²) in [6.07, 6.45) is 4.94. The first-order valence-electron chi connectivity index (χ1n) is 5.04. The van der Waals surface area contributed by atoms with E-state index in [-0.39, 0.29) is 5.91 Å². The van der Waals surface area contributed by atoms with Crippen molar-refractivity contribution >= 4 is 5.91 Å². The zero-order valence-electron chi connectivity index (χ0n) is 8.55. The quantitative estimate of drug-likeness (QED) is 0.661. The zero-order chi connectivity index (χ0) is 9.84. The number of nitrogens with one attached hydrogen (secondary N) is 1. The first-order valence-corrected chi connectivity index (χ1v) is 5.04. The van der Waals surface area contributed by atoms with Crippen LogP contribution in [0, 0.1) is 11.8 Å². The molecule has 2 nitrogen and oxygen atoms in total. The average Bonchev–Trinajstić information content (AvgIpc) is 1.99. The second-order valence-corrected chi connectivity index (χ2v) is 4.38. The lowest BCUT2D eigenvalue weighted by Crippen LogP contribution is -2.43. The minimum Gasteiger partial charge on any atom is -0.350 e. The first-order chi connectivity index (χ1) is 6.11. The molecule has 1 N–H and O–H groups in total. The van der Waals surface area contributed by atoms with Gasteiger partial charge in [0.1, 0.15) is 0 Å². The maximum Gasteiger partial charge on any atom is 0.243 e. The number of carbonyl (C=O) groups is 1. The molecule has 74 valence electrons. The van der Waals surface area contributed by atoms with E-state index in [1.807, 2.05) is 0 Å². The van der Waals surface area contributed by atoms with Crippen LogP contribution in [0.5, 0.6) is 0 Å². The van der Waals surface area contributed by atoms with E-state index in [4.69, 9.17) is 0 Å². The van der Waals surface area contributed by atoms with Crippen molar-refractivity contribution in [2.45, 2.75) is 39.2 Å². The fraction of sp³-hybridized carbons (Fsp3) is 0.727. The highest BCUT2D eigenvalue weighted by Gasteiger charge is 2.29. The Labute approximate surface area is 80.4 Å². The van der Waals surface area contributed by atoms with Gasteiger partial charge in [0.05, 0.1) is 0 Å². The Balaban J connectivity index is 2.11. The molecular formula is C11H19NO. The summed E-state index contributed by atoms with van der Waals surface area (Å²) in [5, 5.41) is 2.91. The third-order valence-electron chi connectivity index (χ3n) is 2.57. The normalized spacial score (nSPS) is 26.7. The number of amides is 1. The predicted octanol–water partition coefficient (Wildman–Crippen LogP) is 2.11. The van der Waals surface area contributed by atoms with Gasteiger partial charge in [-0.05, 0) is 37.2 Å². The van der Waals surface area contributed by atoms with Gasteiger partial charge in [-0.2, -0.15) is 0 Å². The fourth-order valence-corrected chi connectivity index (χ4v) is 1.97. The van der Waals surface area contributed by atoms with Crippen molar-refractivity contribution in [1.29, 1.82) is 0 Å². The van der Waals surface area contributed by atoms with E-state index in [9.17, 15) is 4.79 Å². The summed E-state index contributed by atoms with van der Waals surface area (Å²) in [7, 11) is 0. The molecule has 13 heavy (non-hydrogen) atoms. The number of hydrogen-bond donors (Lipinski definition) is 1. The fourth-order valence-electron chi connectivity index (χ4n) is 1.97. The average molecular weight is 181 g/mol. The Bertz CT molecular complexity index is 192. The van der Waals surface area contributed by atoms with Gasteiger partial charge in [-0.1, -0.05) is 20.4 Å². The summed E-state index contributed by atoms with van der Waals surface area (Å²) in [6, 6.07) is 0.411. The van der Waals surface area contributed by atoms with E-state index in [0.717, 1.165) is 24.7 Å². The van der Waals surface area contributed by atoms with Gasteiger partial charge in [-0.3, -0.25) is 4.79 Å². The smallest absolute Gasteiger partial charge is 0.243 e. The van der Waals surface area contributed by atoms with Crippen LogP contribution in [-0.2, 0) is 4.79 Å². The van der Waals surface area contributed by atoms with E-state index in [1.165, 1.54) is 12.5 Å². The zero-order valence-corrected chi connectivity index (χ0v) is 8.55. The summed E-state index contributed by atoms with van der Waals surface area (Å²) >= 11 is 0. The van der Waals surface area contributed by atoms with Gasteiger partial charge < -0.3 is 5.32 Å². The van der Waals surface area contributed by atoms with Gasteiger partial charge in [-0.15, -0.1) is 0 Å². The summed E-state index contributed by atoms with van der Waals surface area (Å²) in [6.45, 7) is 7.92. The molecule has 0 aliphatic heterocycles. The minimum absolute atomic E-state index is 0.0343. The highest BCUT2D eigenvalue weighted by atomic mass is 16.1. The molecule has 2 heteroatoms. The van der Waals surface area contributed by atoms with Crippen LogP contribution in [0.1, 0.15) is 33.1 Å². The molecule has 1 rings (SSSR count). The second-order valence-electron chi connectivity index (χ2n) is 4.38. The lowest BCUT2D eigenvalue weighted by atomic mass is 9.76. The Morgan fingerprint density at radius 3 is 2.69 bits per heavy atom. The third-order valence-corrected chi connectivity index (χ3v) is 2.57. The molecule has 0 bridgehead atoms. The molecule has 0 unspecified atom stereocenters. The monoisotopic (exact) mass is 181 g/mol. The number of carbonyl (C=O) groups excluding carboxylic acids is 1. The summed E-state index contributed by atoms with van der Waals surface area (Å²) in [5.74, 6) is 1.57. The highest BCUT2D eigenvalue weighted by molar-refractivity contribution is 5.87. The maximum absolute atomic E-state index is 10.9. The van der Waals surface area contributed by atoms with Gasteiger partial charge in [0, 0.05) is 6.04 Å². The molecule has 0 heterocycles. The van der Waals surface area contributed by atoms with Crippen LogP contribution in [-0.4, -0.2) is 11.9 Å². The van der Waals surface area contributed by atoms with Gasteiger partial charge in [0.15, 0.2) is 0 Å². The molecule has 0 spiro atoms. The molecule has 1 aliphatic rings. The molecule has 0 atom stereocenters. The predicted molar refractivity (Wildman–Crippen MR) is 54.3 cm³/mol. The standard InChI is InChI=1S/C11H19NO/c1-4-11(13)12-10-6-9(7-10)5-8(2)3/h4,8-10H,1,5-7H2,2-3H3,(H,12,13). The molecule has 0 aromatic heterocycles. The summed E-state index contributed by atoms with van der Waals surface area (Å²) in [5.41, 5.74) is 0. The van der Waals surface area contributed by atoms with E-state index in [1.54, 1.807) is 0 Å². The number of hydrogen-bond acceptors (Lipinski definition) is 1. The highest BCUT2D eigenvalue weighted by Crippen LogP contribution is 2.32. The molecule has 0 aromatic rings. The summed E-state index contributed by atoms with van der Waals surface area (Å²) in [4.78, 5) is 10.9. The minimum atomic E-state index is -0.0343. The van der Waals surface area contributed by atoms with Crippen molar-refractivity contribution in [2.24, 2.45) is 11.8 Å². The molecular weight excluding hydrogens is 162 g/mol. The van der Waals surface area contributed by atoms with Crippen molar-refractivity contribution in [2.75, 3.05) is 0 Å². The van der Waals surface area contributed by atoms with Crippen molar-refractivity contribution < 1.29 is 4.79 Å². The van der Waals surface area contributed by atoms with E-state index in [2.05, 4.69) is 25.7 Å². The largest absolute Gasteiger partial charge is 0.350 e. The Morgan fingerprint density at radius 2 is 2.23 bits per heavy atom. The van der Waals surface area contributed by atoms with Crippen molar-refractivity contribution in [3.63, 3.8) is 0 Å². The van der Waals surface area contributed by atoms with Crippen molar-refractivity contribution in [1.82, 2.24) is 5.32 Å². The molecule has 1 aliphatic carbocycles. The van der Waals surface area contributed by atoms with Crippen LogP contribution in [0.2, 0.25) is 0 Å². The third kappa shape index (κ3) is 3.21. The van der Waals surface area contributed by atoms with E-state index < -0.39 is 0 Å². The van der Waals surface area contributed by atoms with Crippen LogP contribution in [0.3, 0.4) is 0 Å². The number of rotatable bonds is 4. The molecule has 0 radical (unpaired) electrons. The van der Waals surface area contributed by atoms with Gasteiger partial charge >= 0.3 is 0 Å². The molecule has 0 saturated heterocycles. The van der Waals surface area contributed by atoms with Crippen LogP contribution < -0.4 is 5.32 Å². The topological polar surface area (TPSA) is 29.1 Å². The van der Waals surface area contributed by atoms with Gasteiger partial charge in [-0.25, -0.2) is 0 Å². The van der Waals surface area contributed by atoms with Gasteiger partial charge in [0.25, 0.3) is 0 Å². The van der Waals surface area contributed by atoms with Gasteiger partial charge in [0.2, 0.25) is 5.91 Å². The Morgan fingerprint density at radius 1 is 1.62 bits per heavy atom. The molecule has 0 aromatic carbocycles. The van der Waals surface area contributed by atoms with Crippen LogP contribution in [0.15, 0.2) is 12.7 Å². The Kier molecular flexibility index (Phi) is 3.52. The lowest BCUT2D eigenvalue weighted by Gasteiger charge is -2.36. The Hall–Kier alpha value is -0.790. The SMILES string of the molecule is C=CC(=O)NC1CC(CC(C)C)C1. The molecule has 1 fully saturated rings. The maximum atomic E-state index is 10.9. The van der Waals surface area contributed by atoms with Crippen molar-refractivity contribution in [3.05, 3.63) is 12.7 Å². The van der Waals surface area contributed by atoms with Crippen molar-refractivity contribution in [3.8, 4) is 0 Å². The summed E-state index contributed by atoms with van der Waals surface area (Å²) < 4.78 is 0. The van der Waals surface area contributed by atoms with Crippen LogP contribution >= 0.6 is 0 Å². The van der Waals surface area contributed by atoms with Crippen LogP contribution in [0.4, 0.5) is 0 Å². The lowest BCUT2D eigenvalue weighted by molar-refractivity contribution is -0.118. The van der Waals surface area contributed by atoms with Crippen LogP contribution in [0.25, 0.3) is 0 Å². The molecule has 1 amide bonds. The van der Waals surface area contributed by atoms with E-state index >= 15 is 0 Å².